The second kappa shape index (κ2) is 7.68. The molecule has 7 atom stereocenters. The third-order valence-electron chi connectivity index (χ3n) is 8.95. The van der Waals surface area contributed by atoms with E-state index < -0.39 is 0 Å². The van der Waals surface area contributed by atoms with Crippen LogP contribution in [0.2, 0.25) is 0 Å². The van der Waals surface area contributed by atoms with Gasteiger partial charge >= 0.3 is 5.97 Å². The molecule has 0 heterocycles. The second-order valence-electron chi connectivity index (χ2n) is 10.2. The minimum absolute atomic E-state index is 0.100. The summed E-state index contributed by atoms with van der Waals surface area (Å²) < 4.78 is 5.84. The summed E-state index contributed by atoms with van der Waals surface area (Å²) in [5.41, 5.74) is 6.39. The van der Waals surface area contributed by atoms with Crippen molar-refractivity contribution in [1.29, 1.82) is 0 Å². The lowest BCUT2D eigenvalue weighted by atomic mass is 9.45. The fraction of sp³-hybridized carbons (Fsp3) is 0.870. The van der Waals surface area contributed by atoms with E-state index in [9.17, 15) is 9.59 Å². The number of fused-ring (bicyclic) bond motifs is 5. The first-order chi connectivity index (χ1) is 13.8. The summed E-state index contributed by atoms with van der Waals surface area (Å²) in [7, 11) is 0. The Bertz CT molecular complexity index is 707. The highest BCUT2D eigenvalue weighted by Gasteiger charge is 2.62. The maximum absolute atomic E-state index is 12.6. The van der Waals surface area contributed by atoms with E-state index in [4.69, 9.17) is 15.3 Å². The topological polar surface area (TPSA) is 91.0 Å². The normalized spacial score (nSPS) is 45.3. The molecule has 0 radical (unpaired) electrons. The second-order valence-corrected chi connectivity index (χ2v) is 10.2. The lowest BCUT2D eigenvalue weighted by Gasteiger charge is -2.60. The number of hydrogen-bond donors (Lipinski definition) is 1. The maximum atomic E-state index is 12.6. The van der Waals surface area contributed by atoms with Crippen LogP contribution >= 0.6 is 0 Å². The van der Waals surface area contributed by atoms with Crippen molar-refractivity contribution in [3.63, 3.8) is 0 Å². The van der Waals surface area contributed by atoms with Crippen LogP contribution in [0.1, 0.15) is 72.1 Å². The number of esters is 1. The van der Waals surface area contributed by atoms with Crippen LogP contribution in [0.5, 0.6) is 0 Å². The maximum Gasteiger partial charge on any atom is 0.303 e. The van der Waals surface area contributed by atoms with Gasteiger partial charge in [0.25, 0.3) is 0 Å². The van der Waals surface area contributed by atoms with Crippen molar-refractivity contribution < 1.29 is 19.2 Å². The molecule has 162 valence electrons. The highest BCUT2D eigenvalue weighted by molar-refractivity contribution is 5.91. The number of carbonyl (C=O) groups excluding carboxylic acids is 2. The molecule has 4 fully saturated rings. The number of hydrogen-bond acceptors (Lipinski definition) is 6. The average Bonchev–Trinajstić information content (AvgIpc) is 2.98. The van der Waals surface area contributed by atoms with E-state index in [-0.39, 0.29) is 28.8 Å². The number of nitrogens with two attached hydrogens (primary N) is 1. The zero-order valence-corrected chi connectivity index (χ0v) is 18.1. The molecule has 0 aliphatic heterocycles. The minimum Gasteiger partial charge on any atom is -0.456 e. The summed E-state index contributed by atoms with van der Waals surface area (Å²) in [5.74, 6) is 2.23. The summed E-state index contributed by atoms with van der Waals surface area (Å²) >= 11 is 0. The number of ether oxygens (including phenoxy) is 1. The number of rotatable bonds is 4. The predicted molar refractivity (Wildman–Crippen MR) is 110 cm³/mol. The van der Waals surface area contributed by atoms with Gasteiger partial charge in [0.05, 0.1) is 5.71 Å². The summed E-state index contributed by atoms with van der Waals surface area (Å²) in [6.45, 7) is 6.89. The Balaban J connectivity index is 1.61. The molecule has 0 spiro atoms. The quantitative estimate of drug-likeness (QED) is 0.440. The molecule has 0 saturated heterocycles. The lowest BCUT2D eigenvalue weighted by molar-refractivity contribution is -0.161. The molecular formula is C23H36N2O4. The van der Waals surface area contributed by atoms with Gasteiger partial charge in [-0.15, -0.1) is 0 Å². The fourth-order valence-corrected chi connectivity index (χ4v) is 7.50. The van der Waals surface area contributed by atoms with Crippen molar-refractivity contribution in [2.45, 2.75) is 78.2 Å². The van der Waals surface area contributed by atoms with Gasteiger partial charge in [-0.05, 0) is 68.1 Å². The molecule has 4 saturated carbocycles. The van der Waals surface area contributed by atoms with Crippen molar-refractivity contribution in [3.8, 4) is 0 Å². The minimum atomic E-state index is -0.302. The van der Waals surface area contributed by atoms with Crippen LogP contribution in [0.3, 0.4) is 0 Å². The molecule has 4 rings (SSSR count). The Morgan fingerprint density at radius 2 is 1.90 bits per heavy atom. The van der Waals surface area contributed by atoms with Gasteiger partial charge in [-0.2, -0.15) is 0 Å². The number of Topliss-reactive ketones (excluding diaryl/α,β-unsaturated/α-hetero) is 1. The summed E-state index contributed by atoms with van der Waals surface area (Å²) in [4.78, 5) is 29.9. The van der Waals surface area contributed by atoms with Crippen LogP contribution < -0.4 is 5.73 Å². The smallest absolute Gasteiger partial charge is 0.303 e. The average molecular weight is 405 g/mol. The van der Waals surface area contributed by atoms with E-state index in [1.165, 1.54) is 6.92 Å². The van der Waals surface area contributed by atoms with Gasteiger partial charge in [-0.3, -0.25) is 9.59 Å². The Hall–Kier alpha value is -1.43. The lowest BCUT2D eigenvalue weighted by Crippen LogP contribution is -2.58. The fourth-order valence-electron chi connectivity index (χ4n) is 7.50. The Labute approximate surface area is 173 Å². The van der Waals surface area contributed by atoms with Gasteiger partial charge in [0.1, 0.15) is 18.5 Å². The zero-order chi connectivity index (χ0) is 20.8. The number of nitrogens with zero attached hydrogens (tertiary/aromatic N) is 1. The van der Waals surface area contributed by atoms with Gasteiger partial charge in [-0.25, -0.2) is 0 Å². The SMILES string of the molecule is CC(=O)O[C@@H]1/C(=N/OCCN)CC[C@@]2(C)C1CC[C@@H]1[C@@H]2CC[C@]2(C)C(=O)CC[C@@H]12. The van der Waals surface area contributed by atoms with Crippen LogP contribution in [0.15, 0.2) is 5.16 Å². The first kappa shape index (κ1) is 20.8. The third-order valence-corrected chi connectivity index (χ3v) is 8.95. The molecule has 6 nitrogen and oxygen atoms in total. The van der Waals surface area contributed by atoms with Crippen LogP contribution in [0.25, 0.3) is 0 Å². The molecule has 6 heteroatoms. The monoisotopic (exact) mass is 404 g/mol. The van der Waals surface area contributed by atoms with Gasteiger partial charge in [0.2, 0.25) is 0 Å². The molecule has 29 heavy (non-hydrogen) atoms. The van der Waals surface area contributed by atoms with Crippen LogP contribution in [-0.4, -0.2) is 36.7 Å². The predicted octanol–water partition coefficient (Wildman–Crippen LogP) is 3.47. The molecular weight excluding hydrogens is 368 g/mol. The van der Waals surface area contributed by atoms with E-state index in [0.717, 1.165) is 57.1 Å². The van der Waals surface area contributed by atoms with Crippen molar-refractivity contribution in [3.05, 3.63) is 0 Å². The first-order valence-corrected chi connectivity index (χ1v) is 11.4. The molecule has 0 amide bonds. The Morgan fingerprint density at radius 3 is 2.62 bits per heavy atom. The van der Waals surface area contributed by atoms with Crippen LogP contribution in [0.4, 0.5) is 0 Å². The number of oxime groups is 1. The number of carbonyl (C=O) groups is 2. The van der Waals surface area contributed by atoms with E-state index >= 15 is 0 Å². The summed E-state index contributed by atoms with van der Waals surface area (Å²) in [6.07, 6.45) is 7.61. The van der Waals surface area contributed by atoms with Crippen molar-refractivity contribution in [2.24, 2.45) is 45.4 Å². The van der Waals surface area contributed by atoms with Gasteiger partial charge in [-0.1, -0.05) is 19.0 Å². The van der Waals surface area contributed by atoms with Gasteiger partial charge in [0.15, 0.2) is 0 Å². The van der Waals surface area contributed by atoms with E-state index in [0.29, 0.717) is 36.7 Å². The van der Waals surface area contributed by atoms with E-state index in [1.807, 2.05) is 0 Å². The summed E-state index contributed by atoms with van der Waals surface area (Å²) in [5, 5.41) is 4.32. The molecule has 0 aromatic carbocycles. The summed E-state index contributed by atoms with van der Waals surface area (Å²) in [6, 6.07) is 0. The third kappa shape index (κ3) is 3.31. The van der Waals surface area contributed by atoms with E-state index in [2.05, 4.69) is 19.0 Å². The molecule has 4 aliphatic rings. The highest BCUT2D eigenvalue weighted by Crippen LogP contribution is 2.65. The molecule has 4 aliphatic carbocycles. The standard InChI is InChI=1S/C23H36N2O4/c1-14(26)29-21-18-5-4-15-16-6-7-20(27)23(16,3)10-8-17(15)22(18,2)11-9-19(21)25-28-13-12-24/h15-18,21H,4-13,24H2,1-3H3/b25-19+/t15-,16-,17-,18?,21-,22+,23-/m0/s1. The molecule has 0 aromatic rings. The largest absolute Gasteiger partial charge is 0.456 e. The van der Waals surface area contributed by atoms with Crippen LogP contribution in [0, 0.1) is 34.5 Å². The molecule has 1 unspecified atom stereocenters. The Morgan fingerprint density at radius 1 is 1.10 bits per heavy atom. The zero-order valence-electron chi connectivity index (χ0n) is 18.1. The highest BCUT2D eigenvalue weighted by atomic mass is 16.6. The van der Waals surface area contributed by atoms with Crippen molar-refractivity contribution >= 4 is 17.5 Å². The van der Waals surface area contributed by atoms with Gasteiger partial charge < -0.3 is 15.3 Å². The Kier molecular flexibility index (Phi) is 5.51. The van der Waals surface area contributed by atoms with Gasteiger partial charge in [0, 0.05) is 31.2 Å². The molecule has 2 N–H and O–H groups in total. The van der Waals surface area contributed by atoms with Crippen molar-refractivity contribution in [2.75, 3.05) is 13.2 Å². The first-order valence-electron chi connectivity index (χ1n) is 11.4. The van der Waals surface area contributed by atoms with Crippen LogP contribution in [-0.2, 0) is 19.2 Å². The molecule has 0 bridgehead atoms. The molecule has 0 aromatic heterocycles. The van der Waals surface area contributed by atoms with E-state index in [1.54, 1.807) is 0 Å². The van der Waals surface area contributed by atoms with Crippen molar-refractivity contribution in [1.82, 2.24) is 0 Å². The number of ketones is 1.